The molecule has 2 amide bonds. The number of nitrogens with one attached hydrogen (secondary N) is 2. The summed E-state index contributed by atoms with van der Waals surface area (Å²) in [5, 5.41) is 5.95. The molecule has 3 aromatic rings. The number of aromatic nitrogens is 2. The van der Waals surface area contributed by atoms with Crippen LogP contribution in [0.2, 0.25) is 5.02 Å². The number of halogens is 1. The Bertz CT molecular complexity index is 930. The Kier molecular flexibility index (Phi) is 6.12. The van der Waals surface area contributed by atoms with Gasteiger partial charge in [-0.15, -0.1) is 0 Å². The molecule has 136 valence electrons. The number of rotatable bonds is 6. The summed E-state index contributed by atoms with van der Waals surface area (Å²) in [7, 11) is 0. The minimum absolute atomic E-state index is 0.189. The maximum absolute atomic E-state index is 12.5. The van der Waals surface area contributed by atoms with Crippen LogP contribution in [0.4, 0.5) is 11.5 Å². The van der Waals surface area contributed by atoms with Crippen molar-refractivity contribution >= 4 is 34.9 Å². The van der Waals surface area contributed by atoms with Crippen LogP contribution in [0.1, 0.15) is 22.5 Å². The lowest BCUT2D eigenvalue weighted by molar-refractivity contribution is -0.116. The molecule has 7 heteroatoms. The van der Waals surface area contributed by atoms with E-state index in [1.54, 1.807) is 42.6 Å². The number of anilines is 2. The number of hydrogen-bond donors (Lipinski definition) is 2. The molecular weight excluding hydrogens is 364 g/mol. The van der Waals surface area contributed by atoms with E-state index in [1.165, 1.54) is 6.20 Å². The van der Waals surface area contributed by atoms with Crippen LogP contribution in [0.25, 0.3) is 0 Å². The quantitative estimate of drug-likeness (QED) is 0.678. The minimum Gasteiger partial charge on any atom is -0.325 e. The molecule has 0 fully saturated rings. The van der Waals surface area contributed by atoms with E-state index in [-0.39, 0.29) is 18.2 Å². The lowest BCUT2D eigenvalue weighted by atomic mass is 10.1. The number of para-hydroxylation sites is 1. The fourth-order valence-corrected chi connectivity index (χ4v) is 2.54. The first kappa shape index (κ1) is 18.5. The van der Waals surface area contributed by atoms with Gasteiger partial charge in [-0.25, -0.2) is 4.98 Å². The normalized spacial score (nSPS) is 10.3. The van der Waals surface area contributed by atoms with Crippen molar-refractivity contribution in [1.29, 1.82) is 0 Å². The highest BCUT2D eigenvalue weighted by molar-refractivity contribution is 6.30. The van der Waals surface area contributed by atoms with Crippen LogP contribution in [0.5, 0.6) is 0 Å². The van der Waals surface area contributed by atoms with E-state index >= 15 is 0 Å². The van der Waals surface area contributed by atoms with Crippen LogP contribution < -0.4 is 10.6 Å². The van der Waals surface area contributed by atoms with Gasteiger partial charge >= 0.3 is 0 Å². The third-order valence-corrected chi connectivity index (χ3v) is 3.97. The summed E-state index contributed by atoms with van der Waals surface area (Å²) in [6.07, 6.45) is 3.93. The fourth-order valence-electron chi connectivity index (χ4n) is 2.42. The SMILES string of the molecule is O=C(CCc1ccccn1)Nc1ccccc1C(=O)Nc1ccc(Cl)cn1. The molecule has 0 aliphatic carbocycles. The Morgan fingerprint density at radius 3 is 2.48 bits per heavy atom. The molecule has 0 radical (unpaired) electrons. The maximum atomic E-state index is 12.5. The molecule has 1 aromatic carbocycles. The third-order valence-electron chi connectivity index (χ3n) is 3.75. The molecule has 27 heavy (non-hydrogen) atoms. The van der Waals surface area contributed by atoms with Crippen molar-refractivity contribution in [3.8, 4) is 0 Å². The molecule has 2 N–H and O–H groups in total. The third kappa shape index (κ3) is 5.36. The molecule has 0 aliphatic heterocycles. The van der Waals surface area contributed by atoms with Crippen molar-refractivity contribution in [1.82, 2.24) is 9.97 Å². The second kappa shape index (κ2) is 8.91. The van der Waals surface area contributed by atoms with Crippen LogP contribution in [-0.4, -0.2) is 21.8 Å². The lowest BCUT2D eigenvalue weighted by Crippen LogP contribution is -2.18. The van der Waals surface area contributed by atoms with Crippen molar-refractivity contribution in [3.63, 3.8) is 0 Å². The predicted molar refractivity (Wildman–Crippen MR) is 105 cm³/mol. The van der Waals surface area contributed by atoms with Gasteiger partial charge in [0.05, 0.1) is 16.3 Å². The highest BCUT2D eigenvalue weighted by Gasteiger charge is 2.14. The smallest absolute Gasteiger partial charge is 0.258 e. The topological polar surface area (TPSA) is 84.0 Å². The van der Waals surface area contributed by atoms with Gasteiger partial charge in [0.15, 0.2) is 0 Å². The van der Waals surface area contributed by atoms with Gasteiger partial charge in [0.2, 0.25) is 5.91 Å². The van der Waals surface area contributed by atoms with Gasteiger partial charge in [-0.05, 0) is 42.8 Å². The molecule has 0 spiro atoms. The van der Waals surface area contributed by atoms with Crippen molar-refractivity contribution in [3.05, 3.63) is 83.3 Å². The van der Waals surface area contributed by atoms with E-state index in [2.05, 4.69) is 20.6 Å². The fraction of sp³-hybridized carbons (Fsp3) is 0.100. The molecule has 0 bridgehead atoms. The van der Waals surface area contributed by atoms with Crippen molar-refractivity contribution in [2.24, 2.45) is 0 Å². The molecule has 0 saturated heterocycles. The molecule has 0 aliphatic rings. The minimum atomic E-state index is -0.370. The Hall–Kier alpha value is -3.25. The molecule has 2 heterocycles. The zero-order chi connectivity index (χ0) is 19.1. The number of aryl methyl sites for hydroxylation is 1. The summed E-state index contributed by atoms with van der Waals surface area (Å²) in [5.41, 5.74) is 1.63. The van der Waals surface area contributed by atoms with Crippen LogP contribution in [0.15, 0.2) is 67.0 Å². The van der Waals surface area contributed by atoms with Gasteiger partial charge < -0.3 is 10.6 Å². The first-order valence-corrected chi connectivity index (χ1v) is 8.71. The van der Waals surface area contributed by atoms with Crippen molar-refractivity contribution < 1.29 is 9.59 Å². The number of carbonyl (C=O) groups excluding carboxylic acids is 2. The van der Waals surface area contributed by atoms with Crippen LogP contribution in [0.3, 0.4) is 0 Å². The van der Waals surface area contributed by atoms with E-state index in [9.17, 15) is 9.59 Å². The molecule has 0 atom stereocenters. The zero-order valence-corrected chi connectivity index (χ0v) is 15.1. The first-order valence-electron chi connectivity index (χ1n) is 8.33. The van der Waals surface area contributed by atoms with E-state index in [4.69, 9.17) is 11.6 Å². The van der Waals surface area contributed by atoms with Crippen LogP contribution >= 0.6 is 11.6 Å². The average molecular weight is 381 g/mol. The average Bonchev–Trinajstić information content (AvgIpc) is 2.69. The monoisotopic (exact) mass is 380 g/mol. The van der Waals surface area contributed by atoms with Gasteiger partial charge in [-0.1, -0.05) is 29.8 Å². The summed E-state index contributed by atoms with van der Waals surface area (Å²) in [6.45, 7) is 0. The highest BCUT2D eigenvalue weighted by atomic mass is 35.5. The second-order valence-corrected chi connectivity index (χ2v) is 6.17. The van der Waals surface area contributed by atoms with Crippen LogP contribution in [0, 0.1) is 0 Å². The predicted octanol–water partition coefficient (Wildman–Crippen LogP) is 3.95. The van der Waals surface area contributed by atoms with E-state index in [1.807, 2.05) is 18.2 Å². The molecule has 0 saturated carbocycles. The maximum Gasteiger partial charge on any atom is 0.258 e. The van der Waals surface area contributed by atoms with Gasteiger partial charge in [-0.3, -0.25) is 14.6 Å². The summed E-state index contributed by atoms with van der Waals surface area (Å²) in [4.78, 5) is 33.0. The Morgan fingerprint density at radius 2 is 1.74 bits per heavy atom. The number of carbonyl (C=O) groups is 2. The number of amides is 2. The summed E-state index contributed by atoms with van der Waals surface area (Å²) < 4.78 is 0. The van der Waals surface area contributed by atoms with E-state index < -0.39 is 0 Å². The van der Waals surface area contributed by atoms with Crippen LogP contribution in [-0.2, 0) is 11.2 Å². The zero-order valence-electron chi connectivity index (χ0n) is 14.4. The molecule has 0 unspecified atom stereocenters. The highest BCUT2D eigenvalue weighted by Crippen LogP contribution is 2.18. The molecule has 2 aromatic heterocycles. The number of nitrogens with zero attached hydrogens (tertiary/aromatic N) is 2. The summed E-state index contributed by atoms with van der Waals surface area (Å²) in [6, 6.07) is 15.6. The standard InChI is InChI=1S/C20H17ClN4O2/c21-14-8-10-18(23-13-14)25-20(27)16-6-1-2-7-17(16)24-19(26)11-9-15-5-3-4-12-22-15/h1-8,10,12-13H,9,11H2,(H,24,26)(H,23,25,27). The van der Waals surface area contributed by atoms with Crippen molar-refractivity contribution in [2.75, 3.05) is 10.6 Å². The molecular formula is C20H17ClN4O2. The van der Waals surface area contributed by atoms with Gasteiger partial charge in [0.25, 0.3) is 5.91 Å². The summed E-state index contributed by atoms with van der Waals surface area (Å²) >= 11 is 5.79. The first-order chi connectivity index (χ1) is 13.1. The van der Waals surface area contributed by atoms with E-state index in [0.29, 0.717) is 28.5 Å². The van der Waals surface area contributed by atoms with E-state index in [0.717, 1.165) is 5.69 Å². The molecule has 3 rings (SSSR count). The Morgan fingerprint density at radius 1 is 0.926 bits per heavy atom. The Labute approximate surface area is 161 Å². The largest absolute Gasteiger partial charge is 0.325 e. The van der Waals surface area contributed by atoms with Gasteiger partial charge in [0.1, 0.15) is 5.82 Å². The number of pyridine rings is 2. The molecule has 6 nitrogen and oxygen atoms in total. The Balaban J connectivity index is 1.65. The lowest BCUT2D eigenvalue weighted by Gasteiger charge is -2.11. The summed E-state index contributed by atoms with van der Waals surface area (Å²) in [5.74, 6) is -0.184. The van der Waals surface area contributed by atoms with Gasteiger partial charge in [-0.2, -0.15) is 0 Å². The number of hydrogen-bond acceptors (Lipinski definition) is 4. The van der Waals surface area contributed by atoms with Crippen molar-refractivity contribution in [2.45, 2.75) is 12.8 Å². The van der Waals surface area contributed by atoms with Gasteiger partial charge in [0, 0.05) is 24.5 Å². The number of benzene rings is 1. The second-order valence-electron chi connectivity index (χ2n) is 5.73.